The van der Waals surface area contributed by atoms with Crippen LogP contribution in [0, 0.1) is 11.8 Å². The maximum Gasteiger partial charge on any atom is 0.328 e. The summed E-state index contributed by atoms with van der Waals surface area (Å²) < 4.78 is 0. The monoisotopic (exact) mass is 944 g/mol. The number of nitrogens with two attached hydrogens (primary N) is 3. The van der Waals surface area contributed by atoms with Crippen LogP contribution in [0.5, 0.6) is 5.75 Å². The summed E-state index contributed by atoms with van der Waals surface area (Å²) in [6.07, 6.45) is -1.29. The van der Waals surface area contributed by atoms with Crippen molar-refractivity contribution in [3.8, 4) is 5.75 Å². The number of carboxylic acid groups (broad SMARTS) is 1. The number of aliphatic carboxylic acids is 1. The van der Waals surface area contributed by atoms with Crippen LogP contribution in [0.25, 0.3) is 0 Å². The van der Waals surface area contributed by atoms with Gasteiger partial charge in [0.05, 0.1) is 12.1 Å². The lowest BCUT2D eigenvalue weighted by Crippen LogP contribution is -2.61. The molecule has 0 saturated carbocycles. The first-order valence-electron chi connectivity index (χ1n) is 22.5. The second-order valence-electron chi connectivity index (χ2n) is 18.0. The molecule has 23 nitrogen and oxygen atoms in total. The average Bonchev–Trinajstić information content (AvgIpc) is 3.95. The molecule has 3 rings (SSSR count). The molecule has 9 amide bonds. The van der Waals surface area contributed by atoms with Crippen LogP contribution in [0.15, 0.2) is 24.3 Å². The number of phenols is 1. The molecule has 0 aromatic heterocycles. The van der Waals surface area contributed by atoms with Crippen molar-refractivity contribution in [2.75, 3.05) is 13.1 Å². The summed E-state index contributed by atoms with van der Waals surface area (Å²) in [4.78, 5) is 134. The van der Waals surface area contributed by atoms with Crippen molar-refractivity contribution in [3.05, 3.63) is 29.8 Å². The van der Waals surface area contributed by atoms with Gasteiger partial charge < -0.3 is 68.9 Å². The fourth-order valence-corrected chi connectivity index (χ4v) is 8.02. The lowest BCUT2D eigenvalue weighted by molar-refractivity contribution is -0.145. The van der Waals surface area contributed by atoms with Crippen molar-refractivity contribution in [1.82, 2.24) is 36.4 Å². The van der Waals surface area contributed by atoms with Crippen LogP contribution >= 0.6 is 0 Å². The molecule has 2 heterocycles. The number of carboxylic acids is 1. The second kappa shape index (κ2) is 25.5. The Morgan fingerprint density at radius 3 is 1.64 bits per heavy atom. The molecule has 0 radical (unpaired) electrons. The number of aliphatic hydroxyl groups is 1. The third-order valence-electron chi connectivity index (χ3n) is 11.6. The van der Waals surface area contributed by atoms with Crippen LogP contribution in [0.4, 0.5) is 0 Å². The summed E-state index contributed by atoms with van der Waals surface area (Å²) in [5, 5.41) is 41.5. The standard InChI is InChI=1S/C44H68N10O13/c1-22(2)20-30(38(60)48-28(14-16-33(46)57)37(59)52-36(24(5)55)44(66)67)50-41(63)35(23(3)4)51-40(62)32-9-7-19-54(32)43(65)29(15-17-34(47)58)49-39(61)31-8-6-18-53(31)42(64)27(45)21-25-10-12-26(56)13-11-25/h10-13,22-24,27-32,35-36,55-56H,6-9,14-21,45H2,1-5H3,(H2,46,57)(H2,47,58)(H,48,60)(H,49,61)(H,50,63)(H,51,62)(H,52,59)(H,66,67)/t24-,27+,28+,29+,30+,31+,32+,35+,36+/m1/s1. The molecule has 2 aliphatic heterocycles. The summed E-state index contributed by atoms with van der Waals surface area (Å²) in [5.74, 6) is -9.10. The highest BCUT2D eigenvalue weighted by atomic mass is 16.4. The Labute approximate surface area is 389 Å². The van der Waals surface area contributed by atoms with E-state index in [9.17, 15) is 63.3 Å². The molecule has 2 saturated heterocycles. The highest BCUT2D eigenvalue weighted by Crippen LogP contribution is 2.23. The van der Waals surface area contributed by atoms with Crippen molar-refractivity contribution in [3.63, 3.8) is 0 Å². The minimum Gasteiger partial charge on any atom is -0.508 e. The number of rotatable bonds is 25. The molecule has 2 aliphatic rings. The SMILES string of the molecule is CC(C)C[C@H](NC(=O)[C@@H](NC(=O)[C@@H]1CCCN1C(=O)[C@H](CCC(N)=O)NC(=O)[C@@H]1CCCN1C(=O)[C@@H](N)Cc1ccc(O)cc1)C(C)C)C(=O)N[C@@H](CCC(N)=O)C(=O)N[C@H](C(=O)O)[C@@H](C)O. The van der Waals surface area contributed by atoms with Gasteiger partial charge in [-0.25, -0.2) is 4.79 Å². The Bertz CT molecular complexity index is 1960. The number of benzene rings is 1. The number of amides is 9. The van der Waals surface area contributed by atoms with E-state index in [4.69, 9.17) is 17.2 Å². The van der Waals surface area contributed by atoms with Gasteiger partial charge in [0.1, 0.15) is 42.0 Å². The summed E-state index contributed by atoms with van der Waals surface area (Å²) in [7, 11) is 0. The largest absolute Gasteiger partial charge is 0.508 e. The number of hydrogen-bond donors (Lipinski definition) is 11. The first-order chi connectivity index (χ1) is 31.4. The van der Waals surface area contributed by atoms with Crippen LogP contribution in [0.2, 0.25) is 0 Å². The molecular formula is C44H68N10O13. The molecule has 14 N–H and O–H groups in total. The van der Waals surface area contributed by atoms with Crippen molar-refractivity contribution in [2.45, 2.75) is 153 Å². The molecule has 67 heavy (non-hydrogen) atoms. The average molecular weight is 945 g/mol. The quantitative estimate of drug-likeness (QED) is 0.0478. The maximum absolute atomic E-state index is 14.2. The topological polar surface area (TPSA) is 376 Å². The molecule has 23 heteroatoms. The number of aliphatic hydroxyl groups excluding tert-OH is 1. The van der Waals surface area contributed by atoms with E-state index in [0.717, 1.165) is 6.92 Å². The van der Waals surface area contributed by atoms with E-state index in [1.807, 2.05) is 0 Å². The lowest BCUT2D eigenvalue weighted by Gasteiger charge is -2.32. The van der Waals surface area contributed by atoms with E-state index in [0.29, 0.717) is 18.4 Å². The summed E-state index contributed by atoms with van der Waals surface area (Å²) in [5.41, 5.74) is 17.7. The number of likely N-dealkylation sites (tertiary alicyclic amines) is 2. The number of carbonyl (C=O) groups excluding carboxylic acids is 9. The fourth-order valence-electron chi connectivity index (χ4n) is 8.02. The van der Waals surface area contributed by atoms with Gasteiger partial charge in [-0.05, 0) is 87.8 Å². The van der Waals surface area contributed by atoms with Crippen LogP contribution < -0.4 is 43.8 Å². The molecule has 2 fully saturated rings. The predicted molar refractivity (Wildman–Crippen MR) is 239 cm³/mol. The van der Waals surface area contributed by atoms with Crippen molar-refractivity contribution in [1.29, 1.82) is 0 Å². The second-order valence-corrected chi connectivity index (χ2v) is 18.0. The first-order valence-corrected chi connectivity index (χ1v) is 22.5. The zero-order valence-corrected chi connectivity index (χ0v) is 38.7. The highest BCUT2D eigenvalue weighted by molar-refractivity contribution is 5.98. The van der Waals surface area contributed by atoms with Gasteiger partial charge in [0.15, 0.2) is 6.04 Å². The van der Waals surface area contributed by atoms with Gasteiger partial charge in [-0.2, -0.15) is 0 Å². The summed E-state index contributed by atoms with van der Waals surface area (Å²) in [6, 6.07) is -4.07. The molecule has 9 atom stereocenters. The number of aromatic hydroxyl groups is 1. The lowest BCUT2D eigenvalue weighted by atomic mass is 9.99. The number of phenolic OH excluding ortho intramolecular Hbond substituents is 1. The van der Waals surface area contributed by atoms with Crippen molar-refractivity contribution >= 4 is 59.1 Å². The maximum atomic E-state index is 14.2. The van der Waals surface area contributed by atoms with E-state index in [1.54, 1.807) is 39.8 Å². The normalized spacial score (nSPS) is 19.0. The number of carbonyl (C=O) groups is 10. The third kappa shape index (κ3) is 16.5. The van der Waals surface area contributed by atoms with Gasteiger partial charge in [-0.3, -0.25) is 43.2 Å². The van der Waals surface area contributed by atoms with Gasteiger partial charge in [-0.1, -0.05) is 39.8 Å². The number of nitrogens with zero attached hydrogens (tertiary/aromatic N) is 2. The minimum atomic E-state index is -1.75. The van der Waals surface area contributed by atoms with Gasteiger partial charge in [-0.15, -0.1) is 0 Å². The Balaban J connectivity index is 1.77. The zero-order valence-electron chi connectivity index (χ0n) is 38.7. The molecule has 0 unspecified atom stereocenters. The molecular weight excluding hydrogens is 877 g/mol. The van der Waals surface area contributed by atoms with Gasteiger partial charge >= 0.3 is 5.97 Å². The van der Waals surface area contributed by atoms with E-state index < -0.39 is 119 Å². The fraction of sp³-hybridized carbons (Fsp3) is 0.636. The first kappa shape index (κ1) is 55.0. The van der Waals surface area contributed by atoms with E-state index in [2.05, 4.69) is 26.6 Å². The molecule has 1 aromatic rings. The number of primary amides is 2. The van der Waals surface area contributed by atoms with E-state index in [1.165, 1.54) is 21.9 Å². The molecule has 0 aliphatic carbocycles. The molecule has 0 spiro atoms. The smallest absolute Gasteiger partial charge is 0.328 e. The number of nitrogens with one attached hydrogen (secondary N) is 5. The zero-order chi connectivity index (χ0) is 50.3. The Morgan fingerprint density at radius 2 is 1.15 bits per heavy atom. The van der Waals surface area contributed by atoms with Crippen molar-refractivity contribution < 1.29 is 63.3 Å². The Hall–Kier alpha value is -6.36. The summed E-state index contributed by atoms with van der Waals surface area (Å²) >= 11 is 0. The predicted octanol–water partition coefficient (Wildman–Crippen LogP) is -2.63. The van der Waals surface area contributed by atoms with Gasteiger partial charge in [0, 0.05) is 25.9 Å². The van der Waals surface area contributed by atoms with E-state index >= 15 is 0 Å². The van der Waals surface area contributed by atoms with Crippen LogP contribution in [-0.2, 0) is 54.4 Å². The van der Waals surface area contributed by atoms with Crippen LogP contribution in [0.1, 0.15) is 98.0 Å². The van der Waals surface area contributed by atoms with Crippen LogP contribution in [0.3, 0.4) is 0 Å². The van der Waals surface area contributed by atoms with Gasteiger partial charge in [0.25, 0.3) is 0 Å². The third-order valence-corrected chi connectivity index (χ3v) is 11.6. The highest BCUT2D eigenvalue weighted by Gasteiger charge is 2.42. The number of hydrogen-bond acceptors (Lipinski definition) is 13. The van der Waals surface area contributed by atoms with E-state index in [-0.39, 0.29) is 76.1 Å². The summed E-state index contributed by atoms with van der Waals surface area (Å²) in [6.45, 7) is 8.25. The van der Waals surface area contributed by atoms with Gasteiger partial charge in [0.2, 0.25) is 53.2 Å². The Morgan fingerprint density at radius 1 is 0.657 bits per heavy atom. The van der Waals surface area contributed by atoms with Crippen molar-refractivity contribution in [2.24, 2.45) is 29.0 Å². The minimum absolute atomic E-state index is 0.0363. The molecule has 372 valence electrons. The molecule has 0 bridgehead atoms. The molecule has 1 aromatic carbocycles. The van der Waals surface area contributed by atoms with Crippen LogP contribution in [-0.4, -0.2) is 152 Å². The Kier molecular flexibility index (Phi) is 20.9.